The fourth-order valence-corrected chi connectivity index (χ4v) is 2.45. The van der Waals surface area contributed by atoms with Crippen LogP contribution in [0.2, 0.25) is 0 Å². The third-order valence-electron chi connectivity index (χ3n) is 4.15. The smallest absolute Gasteiger partial charge is 0.406 e. The Morgan fingerprint density at radius 3 is 1.79 bits per heavy atom. The lowest BCUT2D eigenvalue weighted by molar-refractivity contribution is -0.137. The van der Waals surface area contributed by atoms with Gasteiger partial charge in [0.05, 0.1) is 46.8 Å². The third kappa shape index (κ3) is 13.9. The molecule has 3 N–H and O–H groups in total. The van der Waals surface area contributed by atoms with E-state index in [1.807, 2.05) is 0 Å². The summed E-state index contributed by atoms with van der Waals surface area (Å²) < 4.78 is 20.3. The number of rotatable bonds is 18. The molecule has 0 aromatic heterocycles. The number of ether oxygens (including phenoxy) is 4. The zero-order valence-corrected chi connectivity index (χ0v) is 18.8. The van der Waals surface area contributed by atoms with E-state index >= 15 is 0 Å². The summed E-state index contributed by atoms with van der Waals surface area (Å²) in [5.74, 6) is -1.27. The molecule has 5 amide bonds. The highest BCUT2D eigenvalue weighted by molar-refractivity contribution is 6.13. The average molecular weight is 472 g/mol. The molecule has 0 atom stereocenters. The zero-order chi connectivity index (χ0) is 24.3. The van der Waals surface area contributed by atoms with E-state index in [9.17, 15) is 24.0 Å². The monoisotopic (exact) mass is 472 g/mol. The van der Waals surface area contributed by atoms with E-state index in [0.29, 0.717) is 46.1 Å². The summed E-state index contributed by atoms with van der Waals surface area (Å²) in [4.78, 5) is 57.9. The molecule has 13 nitrogen and oxygen atoms in total. The second-order valence-corrected chi connectivity index (χ2v) is 6.62. The van der Waals surface area contributed by atoms with Crippen LogP contribution in [0.25, 0.3) is 0 Å². The lowest BCUT2D eigenvalue weighted by Gasteiger charge is -2.13. The number of amides is 5. The van der Waals surface area contributed by atoms with Crippen molar-refractivity contribution >= 4 is 29.7 Å². The van der Waals surface area contributed by atoms with Crippen LogP contribution in [-0.4, -0.2) is 108 Å². The van der Waals surface area contributed by atoms with Gasteiger partial charge in [-0.2, -0.15) is 0 Å². The summed E-state index contributed by atoms with van der Waals surface area (Å²) in [7, 11) is 1.28. The molecular weight excluding hydrogens is 440 g/mol. The number of alkyl carbamates (subject to hydrolysis) is 1. The minimum absolute atomic E-state index is 0.0308. The van der Waals surface area contributed by atoms with Crippen molar-refractivity contribution in [2.45, 2.75) is 12.8 Å². The Morgan fingerprint density at radius 1 is 0.727 bits per heavy atom. The number of carbonyl (C=O) groups excluding carboxylic acids is 5. The van der Waals surface area contributed by atoms with Crippen LogP contribution in [-0.2, 0) is 38.1 Å². The Bertz CT molecular complexity index is 666. The fraction of sp³-hybridized carbons (Fsp3) is 0.650. The van der Waals surface area contributed by atoms with Gasteiger partial charge in [0, 0.05) is 51.2 Å². The number of nitrogens with one attached hydrogen (secondary N) is 3. The molecule has 1 heterocycles. The first kappa shape index (κ1) is 28.0. The largest absolute Gasteiger partial charge is 0.453 e. The van der Waals surface area contributed by atoms with Crippen LogP contribution in [0.5, 0.6) is 0 Å². The summed E-state index contributed by atoms with van der Waals surface area (Å²) in [6.07, 6.45) is 2.07. The first-order valence-electron chi connectivity index (χ1n) is 10.6. The Labute approximate surface area is 192 Å². The molecule has 0 fully saturated rings. The molecule has 1 rings (SSSR count). The molecule has 0 saturated heterocycles. The molecule has 13 heteroatoms. The van der Waals surface area contributed by atoms with Crippen LogP contribution in [0.4, 0.5) is 4.79 Å². The van der Waals surface area contributed by atoms with Gasteiger partial charge in [0.25, 0.3) is 11.8 Å². The lowest BCUT2D eigenvalue weighted by Crippen LogP contribution is -2.35. The van der Waals surface area contributed by atoms with Crippen LogP contribution >= 0.6 is 0 Å². The normalized spacial score (nSPS) is 12.7. The topological polar surface area (TPSA) is 162 Å². The molecule has 0 bridgehead atoms. The summed E-state index contributed by atoms with van der Waals surface area (Å²) in [5.41, 5.74) is 0. The summed E-state index contributed by atoms with van der Waals surface area (Å²) in [5, 5.41) is 7.79. The van der Waals surface area contributed by atoms with Gasteiger partial charge in [-0.1, -0.05) is 0 Å². The Kier molecular flexibility index (Phi) is 14.9. The second-order valence-electron chi connectivity index (χ2n) is 6.62. The molecule has 1 aliphatic heterocycles. The van der Waals surface area contributed by atoms with E-state index in [-0.39, 0.29) is 44.4 Å². The standard InChI is InChI=1S/C20H32N4O9/c1-30-20(29)23-8-13-32-11-6-22-17(26)5-10-31-14-15-33-12-7-21-16(25)4-9-24-18(27)2-3-19(24)28/h2-3H,4-15H2,1H3,(H,21,25)(H,22,26)(H,23,29). The fourth-order valence-electron chi connectivity index (χ4n) is 2.45. The van der Waals surface area contributed by atoms with Crippen molar-refractivity contribution in [1.29, 1.82) is 0 Å². The Hall–Kier alpha value is -3.03. The summed E-state index contributed by atoms with van der Waals surface area (Å²) in [6, 6.07) is 0. The minimum atomic E-state index is -0.523. The molecule has 186 valence electrons. The Balaban J connectivity index is 1.83. The van der Waals surface area contributed by atoms with Crippen molar-refractivity contribution in [1.82, 2.24) is 20.9 Å². The maximum Gasteiger partial charge on any atom is 0.406 e. The van der Waals surface area contributed by atoms with Crippen LogP contribution in [0.1, 0.15) is 12.8 Å². The molecule has 0 spiro atoms. The van der Waals surface area contributed by atoms with Crippen molar-refractivity contribution < 1.29 is 42.9 Å². The first-order chi connectivity index (χ1) is 15.9. The number of imide groups is 1. The molecule has 0 aromatic rings. The Morgan fingerprint density at radius 2 is 1.21 bits per heavy atom. The SMILES string of the molecule is COC(=O)NCCOCCNC(=O)CCOCCOCCNC(=O)CCN1C(=O)C=CC1=O. The van der Waals surface area contributed by atoms with Gasteiger partial charge < -0.3 is 34.9 Å². The van der Waals surface area contributed by atoms with E-state index < -0.39 is 17.9 Å². The summed E-state index contributed by atoms with van der Waals surface area (Å²) in [6.45, 7) is 2.81. The van der Waals surface area contributed by atoms with Gasteiger partial charge in [-0.25, -0.2) is 4.79 Å². The second kappa shape index (κ2) is 17.5. The van der Waals surface area contributed by atoms with Crippen LogP contribution in [0, 0.1) is 0 Å². The molecular formula is C20H32N4O9. The molecule has 0 unspecified atom stereocenters. The number of carbonyl (C=O) groups is 5. The van der Waals surface area contributed by atoms with Crippen molar-refractivity contribution in [3.05, 3.63) is 12.2 Å². The van der Waals surface area contributed by atoms with E-state index in [4.69, 9.17) is 14.2 Å². The number of hydrogen-bond donors (Lipinski definition) is 3. The number of nitrogens with zero attached hydrogens (tertiary/aromatic N) is 1. The van der Waals surface area contributed by atoms with Crippen LogP contribution in [0.3, 0.4) is 0 Å². The molecule has 0 aromatic carbocycles. The quantitative estimate of drug-likeness (QED) is 0.156. The maximum atomic E-state index is 11.7. The average Bonchev–Trinajstić information content (AvgIpc) is 3.12. The highest BCUT2D eigenvalue weighted by Gasteiger charge is 2.23. The van der Waals surface area contributed by atoms with Crippen molar-refractivity contribution in [2.24, 2.45) is 0 Å². The van der Waals surface area contributed by atoms with Gasteiger partial charge in [-0.05, 0) is 0 Å². The van der Waals surface area contributed by atoms with Crippen molar-refractivity contribution in [3.8, 4) is 0 Å². The molecule has 0 aliphatic carbocycles. The van der Waals surface area contributed by atoms with Crippen LogP contribution < -0.4 is 16.0 Å². The number of methoxy groups -OCH3 is 1. The van der Waals surface area contributed by atoms with Gasteiger partial charge in [0.1, 0.15) is 0 Å². The van der Waals surface area contributed by atoms with Crippen molar-refractivity contribution in [3.63, 3.8) is 0 Å². The van der Waals surface area contributed by atoms with E-state index in [1.54, 1.807) is 0 Å². The predicted molar refractivity (Wildman–Crippen MR) is 114 cm³/mol. The van der Waals surface area contributed by atoms with Gasteiger partial charge >= 0.3 is 6.09 Å². The molecule has 33 heavy (non-hydrogen) atoms. The first-order valence-corrected chi connectivity index (χ1v) is 10.6. The van der Waals surface area contributed by atoms with E-state index in [0.717, 1.165) is 4.90 Å². The van der Waals surface area contributed by atoms with E-state index in [1.165, 1.54) is 19.3 Å². The van der Waals surface area contributed by atoms with Crippen LogP contribution in [0.15, 0.2) is 12.2 Å². The highest BCUT2D eigenvalue weighted by Crippen LogP contribution is 2.03. The molecule has 0 saturated carbocycles. The van der Waals surface area contributed by atoms with Crippen molar-refractivity contribution in [2.75, 3.05) is 72.9 Å². The van der Waals surface area contributed by atoms with Gasteiger partial charge in [0.2, 0.25) is 11.8 Å². The lowest BCUT2D eigenvalue weighted by atomic mass is 10.3. The number of hydrogen-bond acceptors (Lipinski definition) is 9. The minimum Gasteiger partial charge on any atom is -0.453 e. The maximum absolute atomic E-state index is 11.7. The third-order valence-corrected chi connectivity index (χ3v) is 4.15. The predicted octanol–water partition coefficient (Wildman–Crippen LogP) is -1.67. The molecule has 1 aliphatic rings. The van der Waals surface area contributed by atoms with Gasteiger partial charge in [-0.15, -0.1) is 0 Å². The van der Waals surface area contributed by atoms with Gasteiger partial charge in [-0.3, -0.25) is 24.1 Å². The molecule has 0 radical (unpaired) electrons. The van der Waals surface area contributed by atoms with Gasteiger partial charge in [0.15, 0.2) is 0 Å². The van der Waals surface area contributed by atoms with E-state index in [2.05, 4.69) is 20.7 Å². The summed E-state index contributed by atoms with van der Waals surface area (Å²) >= 11 is 0. The highest BCUT2D eigenvalue weighted by atomic mass is 16.5. The zero-order valence-electron chi connectivity index (χ0n) is 18.8.